The summed E-state index contributed by atoms with van der Waals surface area (Å²) >= 11 is 0. The van der Waals surface area contributed by atoms with Crippen molar-refractivity contribution in [3.05, 3.63) is 83.5 Å². The number of esters is 1. The van der Waals surface area contributed by atoms with Crippen molar-refractivity contribution < 1.29 is 23.9 Å². The van der Waals surface area contributed by atoms with Crippen LogP contribution >= 0.6 is 0 Å². The molecule has 0 radical (unpaired) electrons. The lowest BCUT2D eigenvalue weighted by Crippen LogP contribution is -2.30. The molecule has 1 aliphatic heterocycles. The second-order valence-electron chi connectivity index (χ2n) is 8.50. The highest BCUT2D eigenvalue weighted by molar-refractivity contribution is 5.94. The number of ether oxygens (including phenoxy) is 1. The molecule has 188 valence electrons. The Hall–Kier alpha value is -3.88. The Bertz CT molecular complexity index is 1370. The van der Waals surface area contributed by atoms with Crippen LogP contribution in [0.5, 0.6) is 0 Å². The van der Waals surface area contributed by atoms with Crippen LogP contribution in [0.4, 0.5) is 11.4 Å². The fourth-order valence-corrected chi connectivity index (χ4v) is 4.61. The minimum atomic E-state index is -0.335. The molecule has 0 fully saturated rings. The third-order valence-electron chi connectivity index (χ3n) is 6.49. The molecule has 2 heterocycles. The molecule has 1 aliphatic rings. The van der Waals surface area contributed by atoms with Gasteiger partial charge in [0, 0.05) is 19.7 Å². The van der Waals surface area contributed by atoms with Crippen LogP contribution in [0.2, 0.25) is 0 Å². The number of imidazole rings is 1. The Labute approximate surface area is 211 Å². The van der Waals surface area contributed by atoms with Gasteiger partial charge in [-0.1, -0.05) is 24.3 Å². The van der Waals surface area contributed by atoms with Crippen LogP contribution in [0.1, 0.15) is 28.7 Å². The minimum absolute atomic E-state index is 0.335. The van der Waals surface area contributed by atoms with Gasteiger partial charge in [-0.05, 0) is 48.9 Å². The molecule has 0 spiro atoms. The van der Waals surface area contributed by atoms with E-state index in [1.165, 1.54) is 14.2 Å². The molecule has 1 aromatic heterocycles. The number of nitrogens with zero attached hydrogens (tertiary/aromatic N) is 4. The number of carbonyl (C=O) groups is 1. The highest BCUT2D eigenvalue weighted by Gasteiger charge is 2.28. The van der Waals surface area contributed by atoms with E-state index in [4.69, 9.17) is 14.5 Å². The molecule has 4 rings (SSSR count). The van der Waals surface area contributed by atoms with Gasteiger partial charge in [-0.15, -0.1) is 0 Å². The average Bonchev–Trinajstić information content (AvgIpc) is 3.30. The van der Waals surface area contributed by atoms with Gasteiger partial charge < -0.3 is 14.5 Å². The highest BCUT2D eigenvalue weighted by Crippen LogP contribution is 2.41. The lowest BCUT2D eigenvalue weighted by molar-refractivity contribution is -0.647. The molecule has 0 unspecified atom stereocenters. The third-order valence-corrected chi connectivity index (χ3v) is 6.49. The summed E-state index contributed by atoms with van der Waals surface area (Å²) in [6.45, 7) is 3.33. The number of hydrogen-bond donors (Lipinski definition) is 0. The quantitative estimate of drug-likeness (QED) is 0.155. The van der Waals surface area contributed by atoms with Gasteiger partial charge in [0.1, 0.15) is 12.4 Å². The fraction of sp³-hybridized carbons (Fsp3) is 0.286. The molecule has 36 heavy (non-hydrogen) atoms. The van der Waals surface area contributed by atoms with E-state index in [2.05, 4.69) is 64.2 Å². The third kappa shape index (κ3) is 4.65. The van der Waals surface area contributed by atoms with Crippen molar-refractivity contribution in [2.75, 3.05) is 37.6 Å². The molecule has 0 atom stereocenters. The molecule has 8 heteroatoms. The molecule has 3 aromatic rings. The van der Waals surface area contributed by atoms with E-state index >= 15 is 0 Å². The average molecular weight is 490 g/mol. The molecule has 0 aliphatic carbocycles. The molecule has 0 bridgehead atoms. The monoisotopic (exact) mass is 489 g/mol. The summed E-state index contributed by atoms with van der Waals surface area (Å²) in [4.78, 5) is 26.1. The van der Waals surface area contributed by atoms with Crippen LogP contribution < -0.4 is 14.4 Å². The Kier molecular flexibility index (Phi) is 7.57. The largest absolute Gasteiger partial charge is 0.465 e. The van der Waals surface area contributed by atoms with Crippen molar-refractivity contribution in [1.29, 1.82) is 0 Å². The standard InChI is InChI=1S/C28H33N4O4/c1-7-32-23-16-14-21(28(33)34-5)18-25(23)31(4)27(32)12-10-8-9-11-26-29(2)22-15-13-20(19-36-35-6)17-24(22)30(26)3/h8-18H,7,19H2,1-6H3/q+1. The van der Waals surface area contributed by atoms with E-state index < -0.39 is 0 Å². The van der Waals surface area contributed by atoms with Crippen LogP contribution in [0.15, 0.2) is 66.5 Å². The molecule has 0 saturated heterocycles. The predicted octanol–water partition coefficient (Wildman–Crippen LogP) is 4.25. The van der Waals surface area contributed by atoms with Crippen molar-refractivity contribution in [2.24, 2.45) is 14.1 Å². The Balaban J connectivity index is 1.54. The number of hydrogen-bond acceptors (Lipinski definition) is 6. The summed E-state index contributed by atoms with van der Waals surface area (Å²) in [7, 11) is 9.03. The number of rotatable bonds is 8. The second-order valence-corrected chi connectivity index (χ2v) is 8.50. The van der Waals surface area contributed by atoms with Crippen molar-refractivity contribution in [3.63, 3.8) is 0 Å². The summed E-state index contributed by atoms with van der Waals surface area (Å²) in [6, 6.07) is 11.9. The van der Waals surface area contributed by atoms with Gasteiger partial charge in [-0.2, -0.15) is 0 Å². The van der Waals surface area contributed by atoms with Crippen LogP contribution in [-0.2, 0) is 35.2 Å². The normalized spacial score (nSPS) is 14.7. The molecule has 0 N–H and O–H groups in total. The zero-order valence-electron chi connectivity index (χ0n) is 21.7. The molecule has 8 nitrogen and oxygen atoms in total. The first-order valence-corrected chi connectivity index (χ1v) is 11.8. The highest BCUT2D eigenvalue weighted by atomic mass is 17.2. The Morgan fingerprint density at radius 1 is 1.03 bits per heavy atom. The van der Waals surface area contributed by atoms with Gasteiger partial charge in [-0.3, -0.25) is 0 Å². The van der Waals surface area contributed by atoms with E-state index in [1.807, 2.05) is 43.5 Å². The van der Waals surface area contributed by atoms with Crippen LogP contribution in [0.25, 0.3) is 17.1 Å². The number of anilines is 2. The molecule has 0 saturated carbocycles. The maximum atomic E-state index is 12.0. The molecule has 0 amide bonds. The van der Waals surface area contributed by atoms with Gasteiger partial charge in [0.15, 0.2) is 11.0 Å². The Morgan fingerprint density at radius 3 is 2.56 bits per heavy atom. The number of methoxy groups -OCH3 is 1. The summed E-state index contributed by atoms with van der Waals surface area (Å²) in [5.41, 5.74) is 5.90. The molecular weight excluding hydrogens is 456 g/mol. The van der Waals surface area contributed by atoms with Crippen LogP contribution in [-0.4, -0.2) is 38.3 Å². The van der Waals surface area contributed by atoms with E-state index in [9.17, 15) is 4.79 Å². The van der Waals surface area contributed by atoms with E-state index in [0.717, 1.165) is 46.2 Å². The SMILES string of the molecule is CCN1\C(=C/C=C/C=C/c2n(C)c3cc(COOC)ccc3[n+]2C)N(C)c2cc(C(=O)OC)ccc21. The van der Waals surface area contributed by atoms with Crippen LogP contribution in [0.3, 0.4) is 0 Å². The lowest BCUT2D eigenvalue weighted by atomic mass is 10.1. The number of aromatic nitrogens is 2. The summed E-state index contributed by atoms with van der Waals surface area (Å²) in [6.07, 6.45) is 10.3. The number of benzene rings is 2. The number of fused-ring (bicyclic) bond motifs is 2. The van der Waals surface area contributed by atoms with Crippen molar-refractivity contribution in [1.82, 2.24) is 4.57 Å². The van der Waals surface area contributed by atoms with E-state index in [-0.39, 0.29) is 5.97 Å². The summed E-state index contributed by atoms with van der Waals surface area (Å²) in [5, 5.41) is 0. The van der Waals surface area contributed by atoms with Gasteiger partial charge >= 0.3 is 5.97 Å². The number of allylic oxidation sites excluding steroid dienone is 4. The van der Waals surface area contributed by atoms with Crippen LogP contribution in [0, 0.1) is 0 Å². The van der Waals surface area contributed by atoms with Gasteiger partial charge in [0.2, 0.25) is 0 Å². The first-order valence-electron chi connectivity index (χ1n) is 11.8. The van der Waals surface area contributed by atoms with Crippen molar-refractivity contribution in [2.45, 2.75) is 13.5 Å². The lowest BCUT2D eigenvalue weighted by Gasteiger charge is -2.20. The second kappa shape index (κ2) is 10.8. The van der Waals surface area contributed by atoms with Crippen molar-refractivity contribution in [3.8, 4) is 0 Å². The van der Waals surface area contributed by atoms with Gasteiger partial charge in [0.05, 0.1) is 45.3 Å². The van der Waals surface area contributed by atoms with E-state index in [1.54, 1.807) is 6.07 Å². The zero-order valence-corrected chi connectivity index (χ0v) is 21.7. The maximum Gasteiger partial charge on any atom is 0.337 e. The summed E-state index contributed by atoms with van der Waals surface area (Å²) in [5.74, 6) is 1.78. The predicted molar refractivity (Wildman–Crippen MR) is 141 cm³/mol. The maximum absolute atomic E-state index is 12.0. The first kappa shape index (κ1) is 25.2. The smallest absolute Gasteiger partial charge is 0.337 e. The molecular formula is C28H33N4O4+. The Morgan fingerprint density at radius 2 is 1.83 bits per heavy atom. The number of carbonyl (C=O) groups excluding carboxylic acids is 1. The fourth-order valence-electron chi connectivity index (χ4n) is 4.61. The first-order chi connectivity index (χ1) is 17.4. The molecule has 2 aromatic carbocycles. The zero-order chi connectivity index (χ0) is 25.8. The van der Waals surface area contributed by atoms with Gasteiger partial charge in [-0.25, -0.2) is 23.7 Å². The summed E-state index contributed by atoms with van der Waals surface area (Å²) < 4.78 is 9.20. The van der Waals surface area contributed by atoms with Gasteiger partial charge in [0.25, 0.3) is 5.82 Å². The topological polar surface area (TPSA) is 60.0 Å². The van der Waals surface area contributed by atoms with E-state index in [0.29, 0.717) is 12.2 Å². The minimum Gasteiger partial charge on any atom is -0.465 e. The van der Waals surface area contributed by atoms with Crippen molar-refractivity contribution >= 4 is 34.5 Å². The number of aryl methyl sites for hydroxylation is 2.